The summed E-state index contributed by atoms with van der Waals surface area (Å²) in [5, 5.41) is 4.57. The molecule has 2 aromatic rings. The van der Waals surface area contributed by atoms with Gasteiger partial charge in [0.1, 0.15) is 11.5 Å². The predicted octanol–water partition coefficient (Wildman–Crippen LogP) is 2.72. The van der Waals surface area contributed by atoms with Crippen LogP contribution in [0.25, 0.3) is 11.0 Å². The molecule has 0 unspecified atom stereocenters. The standard InChI is InChI=1S/C12H13ClN4/c1-3-14-12(15-4-2)10-7-17-11-9(10)5-8(13)6-16-11/h3,5-7H,1,4H2,2H3,(H,14,15)(H,16,17). The van der Waals surface area contributed by atoms with Gasteiger partial charge in [-0.3, -0.25) is 4.99 Å². The first-order valence-electron chi connectivity index (χ1n) is 5.31. The van der Waals surface area contributed by atoms with Crippen molar-refractivity contribution in [1.29, 1.82) is 0 Å². The molecule has 0 aliphatic heterocycles. The van der Waals surface area contributed by atoms with Gasteiger partial charge in [0.15, 0.2) is 0 Å². The van der Waals surface area contributed by atoms with Crippen molar-refractivity contribution in [1.82, 2.24) is 15.3 Å². The number of amidine groups is 1. The smallest absolute Gasteiger partial charge is 0.138 e. The summed E-state index contributed by atoms with van der Waals surface area (Å²) in [5.74, 6) is 0.762. The van der Waals surface area contributed by atoms with E-state index < -0.39 is 0 Å². The third kappa shape index (κ3) is 2.31. The molecule has 5 heteroatoms. The first kappa shape index (κ1) is 11.7. The van der Waals surface area contributed by atoms with Crippen molar-refractivity contribution >= 4 is 28.5 Å². The normalized spacial score (nSPS) is 11.8. The lowest BCUT2D eigenvalue weighted by Crippen LogP contribution is -2.18. The monoisotopic (exact) mass is 248 g/mol. The van der Waals surface area contributed by atoms with Crippen LogP contribution >= 0.6 is 11.6 Å². The van der Waals surface area contributed by atoms with Crippen LogP contribution in [0.15, 0.2) is 36.2 Å². The van der Waals surface area contributed by atoms with E-state index in [-0.39, 0.29) is 0 Å². The molecule has 0 fully saturated rings. The van der Waals surface area contributed by atoms with Crippen LogP contribution in [-0.4, -0.2) is 22.3 Å². The molecule has 0 atom stereocenters. The molecular weight excluding hydrogens is 236 g/mol. The van der Waals surface area contributed by atoms with Gasteiger partial charge in [-0.15, -0.1) is 0 Å². The predicted molar refractivity (Wildman–Crippen MR) is 71.5 cm³/mol. The second-order valence-corrected chi connectivity index (χ2v) is 3.86. The Balaban J connectivity index is 2.56. The fourth-order valence-electron chi connectivity index (χ4n) is 1.64. The molecule has 2 aromatic heterocycles. The zero-order chi connectivity index (χ0) is 12.3. The van der Waals surface area contributed by atoms with Gasteiger partial charge in [-0.2, -0.15) is 0 Å². The minimum absolute atomic E-state index is 0.604. The Morgan fingerprint density at radius 1 is 1.71 bits per heavy atom. The summed E-state index contributed by atoms with van der Waals surface area (Å²) in [6.07, 6.45) is 5.08. The topological polar surface area (TPSA) is 53.1 Å². The maximum Gasteiger partial charge on any atom is 0.138 e. The Bertz CT molecular complexity index is 571. The molecule has 2 N–H and O–H groups in total. The summed E-state index contributed by atoms with van der Waals surface area (Å²) >= 11 is 5.95. The lowest BCUT2D eigenvalue weighted by molar-refractivity contribution is 1.09. The van der Waals surface area contributed by atoms with E-state index in [0.717, 1.165) is 22.4 Å². The maximum absolute atomic E-state index is 5.95. The number of halogens is 1. The van der Waals surface area contributed by atoms with Crippen LogP contribution in [0, 0.1) is 0 Å². The lowest BCUT2D eigenvalue weighted by Gasteiger charge is -2.04. The lowest BCUT2D eigenvalue weighted by atomic mass is 10.2. The molecule has 0 amide bonds. The second kappa shape index (κ2) is 5.01. The van der Waals surface area contributed by atoms with E-state index in [9.17, 15) is 0 Å². The van der Waals surface area contributed by atoms with Crippen molar-refractivity contribution in [3.63, 3.8) is 0 Å². The highest BCUT2D eigenvalue weighted by molar-refractivity contribution is 6.31. The summed E-state index contributed by atoms with van der Waals surface area (Å²) in [4.78, 5) is 11.7. The second-order valence-electron chi connectivity index (χ2n) is 3.42. The van der Waals surface area contributed by atoms with Crippen molar-refractivity contribution in [3.8, 4) is 0 Å². The Morgan fingerprint density at radius 3 is 3.24 bits per heavy atom. The van der Waals surface area contributed by atoms with E-state index in [2.05, 4.69) is 26.9 Å². The molecule has 0 aliphatic rings. The fraction of sp³-hybridized carbons (Fsp3) is 0.167. The first-order valence-corrected chi connectivity index (χ1v) is 5.69. The number of hydrogen-bond donors (Lipinski definition) is 2. The van der Waals surface area contributed by atoms with Gasteiger partial charge in [-0.1, -0.05) is 18.2 Å². The summed E-state index contributed by atoms with van der Waals surface area (Å²) < 4.78 is 0. The fourth-order valence-corrected chi connectivity index (χ4v) is 1.80. The average Bonchev–Trinajstić information content (AvgIpc) is 2.71. The van der Waals surface area contributed by atoms with E-state index in [1.54, 1.807) is 12.4 Å². The number of nitrogens with zero attached hydrogens (tertiary/aromatic N) is 2. The third-order valence-corrected chi connectivity index (χ3v) is 2.51. The highest BCUT2D eigenvalue weighted by Crippen LogP contribution is 2.20. The third-order valence-electron chi connectivity index (χ3n) is 2.31. The van der Waals surface area contributed by atoms with Crippen LogP contribution < -0.4 is 5.32 Å². The SMILES string of the molecule is C=CNC(=NCC)c1c[nH]c2ncc(Cl)cc12. The molecule has 0 aromatic carbocycles. The number of aliphatic imine (C=N–C) groups is 1. The number of H-pyrrole nitrogens is 1. The Hall–Kier alpha value is -1.81. The van der Waals surface area contributed by atoms with Gasteiger partial charge >= 0.3 is 0 Å². The van der Waals surface area contributed by atoms with Gasteiger partial charge in [-0.25, -0.2) is 4.98 Å². The number of rotatable bonds is 3. The molecule has 0 saturated carbocycles. The van der Waals surface area contributed by atoms with Crippen LogP contribution in [0.5, 0.6) is 0 Å². The molecule has 0 bridgehead atoms. The molecule has 0 saturated heterocycles. The summed E-state index contributed by atoms with van der Waals surface area (Å²) in [6, 6.07) is 1.87. The molecule has 4 nitrogen and oxygen atoms in total. The van der Waals surface area contributed by atoms with Gasteiger partial charge in [0.2, 0.25) is 0 Å². The van der Waals surface area contributed by atoms with E-state index in [4.69, 9.17) is 11.6 Å². The average molecular weight is 249 g/mol. The number of fused-ring (bicyclic) bond motifs is 1. The quantitative estimate of drug-likeness (QED) is 0.648. The molecule has 0 aliphatic carbocycles. The van der Waals surface area contributed by atoms with Crippen molar-refractivity contribution in [3.05, 3.63) is 41.8 Å². The van der Waals surface area contributed by atoms with E-state index >= 15 is 0 Å². The van der Waals surface area contributed by atoms with E-state index in [1.807, 2.05) is 19.2 Å². The number of aromatic nitrogens is 2. The molecule has 0 spiro atoms. The Labute approximate surface area is 104 Å². The molecule has 88 valence electrons. The van der Waals surface area contributed by atoms with Crippen molar-refractivity contribution < 1.29 is 0 Å². The van der Waals surface area contributed by atoms with Gasteiger partial charge in [0.05, 0.1) is 5.02 Å². The zero-order valence-electron chi connectivity index (χ0n) is 9.50. The van der Waals surface area contributed by atoms with Crippen LogP contribution in [0.3, 0.4) is 0 Å². The highest BCUT2D eigenvalue weighted by atomic mass is 35.5. The van der Waals surface area contributed by atoms with Gasteiger partial charge in [-0.05, 0) is 19.2 Å². The summed E-state index contributed by atoms with van der Waals surface area (Å²) in [6.45, 7) is 6.31. The molecule has 2 heterocycles. The van der Waals surface area contributed by atoms with Crippen LogP contribution in [0.1, 0.15) is 12.5 Å². The zero-order valence-corrected chi connectivity index (χ0v) is 10.3. The van der Waals surface area contributed by atoms with E-state index in [1.165, 1.54) is 0 Å². The van der Waals surface area contributed by atoms with Crippen molar-refractivity contribution in [2.24, 2.45) is 4.99 Å². The highest BCUT2D eigenvalue weighted by Gasteiger charge is 2.10. The number of nitrogens with one attached hydrogen (secondary N) is 2. The maximum atomic E-state index is 5.95. The Morgan fingerprint density at radius 2 is 2.53 bits per heavy atom. The van der Waals surface area contributed by atoms with Gasteiger partial charge in [0.25, 0.3) is 0 Å². The number of aromatic amines is 1. The number of pyridine rings is 1. The molecule has 0 radical (unpaired) electrons. The Kier molecular flexibility index (Phi) is 3.44. The minimum atomic E-state index is 0.604. The minimum Gasteiger partial charge on any atom is -0.347 e. The molecule has 17 heavy (non-hydrogen) atoms. The molecule has 2 rings (SSSR count). The van der Waals surface area contributed by atoms with Crippen LogP contribution in [-0.2, 0) is 0 Å². The van der Waals surface area contributed by atoms with E-state index in [0.29, 0.717) is 11.6 Å². The van der Waals surface area contributed by atoms with Crippen LogP contribution in [0.2, 0.25) is 5.02 Å². The van der Waals surface area contributed by atoms with Crippen LogP contribution in [0.4, 0.5) is 0 Å². The number of hydrogen-bond acceptors (Lipinski definition) is 2. The molecular formula is C12H13ClN4. The summed E-state index contributed by atoms with van der Waals surface area (Å²) in [7, 11) is 0. The van der Waals surface area contributed by atoms with Crippen molar-refractivity contribution in [2.45, 2.75) is 6.92 Å². The largest absolute Gasteiger partial charge is 0.347 e. The van der Waals surface area contributed by atoms with Crippen molar-refractivity contribution in [2.75, 3.05) is 6.54 Å². The first-order chi connectivity index (χ1) is 8.26. The summed E-state index contributed by atoms with van der Waals surface area (Å²) in [5.41, 5.74) is 1.73. The van der Waals surface area contributed by atoms with Gasteiger partial charge < -0.3 is 10.3 Å². The van der Waals surface area contributed by atoms with Gasteiger partial charge in [0, 0.05) is 29.9 Å².